The number of thiophene rings is 1. The Kier molecular flexibility index (Phi) is 3.72. The van der Waals surface area contributed by atoms with Crippen molar-refractivity contribution in [3.8, 4) is 0 Å². The molecule has 0 fully saturated rings. The molecule has 0 radical (unpaired) electrons. The van der Waals surface area contributed by atoms with Crippen molar-refractivity contribution in [2.75, 3.05) is 18.1 Å². The molecule has 0 amide bonds. The van der Waals surface area contributed by atoms with Crippen LogP contribution in [0.3, 0.4) is 0 Å². The maximum Gasteiger partial charge on any atom is 0.341 e. The van der Waals surface area contributed by atoms with E-state index in [0.29, 0.717) is 12.2 Å². The number of hydrogen-bond acceptors (Lipinski definition) is 6. The van der Waals surface area contributed by atoms with Crippen LogP contribution in [0, 0.1) is 0 Å². The molecule has 3 aromatic heterocycles. The van der Waals surface area contributed by atoms with Crippen molar-refractivity contribution in [3.05, 3.63) is 39.8 Å². The zero-order chi connectivity index (χ0) is 16.7. The minimum atomic E-state index is -0.332. The number of carbonyl (C=O) groups is 1. The highest BCUT2D eigenvalue weighted by Crippen LogP contribution is 2.34. The van der Waals surface area contributed by atoms with E-state index in [0.717, 1.165) is 36.2 Å². The molecule has 0 spiro atoms. The lowest BCUT2D eigenvalue weighted by Gasteiger charge is -2.30. The lowest BCUT2D eigenvalue weighted by Crippen LogP contribution is -2.31. The van der Waals surface area contributed by atoms with Crippen molar-refractivity contribution in [3.63, 3.8) is 0 Å². The number of carbonyl (C=O) groups excluding carboxylic acids is 1. The van der Waals surface area contributed by atoms with Crippen LogP contribution in [0.15, 0.2) is 23.8 Å². The molecule has 0 bridgehead atoms. The summed E-state index contributed by atoms with van der Waals surface area (Å²) in [6.45, 7) is 3.82. The van der Waals surface area contributed by atoms with Gasteiger partial charge < -0.3 is 9.64 Å². The molecule has 7 heteroatoms. The van der Waals surface area contributed by atoms with Gasteiger partial charge in [-0.15, -0.1) is 11.3 Å². The van der Waals surface area contributed by atoms with Crippen LogP contribution in [0.2, 0.25) is 0 Å². The van der Waals surface area contributed by atoms with Gasteiger partial charge in [0.2, 0.25) is 0 Å². The van der Waals surface area contributed by atoms with Gasteiger partial charge in [-0.2, -0.15) is 5.10 Å². The van der Waals surface area contributed by atoms with E-state index in [1.54, 1.807) is 28.4 Å². The summed E-state index contributed by atoms with van der Waals surface area (Å²) in [4.78, 5) is 20.5. The molecule has 6 nitrogen and oxygen atoms in total. The zero-order valence-electron chi connectivity index (χ0n) is 13.7. The van der Waals surface area contributed by atoms with E-state index in [9.17, 15) is 4.79 Å². The Hall–Kier alpha value is -2.41. The molecule has 4 heterocycles. The van der Waals surface area contributed by atoms with Crippen LogP contribution >= 0.6 is 11.3 Å². The van der Waals surface area contributed by atoms with Gasteiger partial charge in [-0.3, -0.25) is 4.68 Å². The smallest absolute Gasteiger partial charge is 0.341 e. The van der Waals surface area contributed by atoms with Crippen LogP contribution in [0.1, 0.15) is 27.7 Å². The third-order valence-corrected chi connectivity index (χ3v) is 5.38. The molecule has 1 aliphatic rings. The Morgan fingerprint density at radius 2 is 2.29 bits per heavy atom. The Bertz CT molecular complexity index is 915. The minimum Gasteiger partial charge on any atom is -0.462 e. The monoisotopic (exact) mass is 342 g/mol. The summed E-state index contributed by atoms with van der Waals surface area (Å²) in [6.07, 6.45) is 4.38. The molecular weight excluding hydrogens is 324 g/mol. The van der Waals surface area contributed by atoms with Crippen LogP contribution < -0.4 is 4.90 Å². The minimum absolute atomic E-state index is 0.332. The fourth-order valence-corrected chi connectivity index (χ4v) is 4.11. The third kappa shape index (κ3) is 2.36. The van der Waals surface area contributed by atoms with E-state index in [1.807, 2.05) is 14.0 Å². The normalized spacial score (nSPS) is 14.0. The van der Waals surface area contributed by atoms with Crippen molar-refractivity contribution in [2.24, 2.45) is 7.05 Å². The number of fused-ring (bicyclic) bond motifs is 2. The number of rotatable bonds is 3. The summed E-state index contributed by atoms with van der Waals surface area (Å²) in [5.41, 5.74) is 3.49. The molecule has 124 valence electrons. The van der Waals surface area contributed by atoms with Crippen LogP contribution in [0.4, 0.5) is 5.69 Å². The topological polar surface area (TPSA) is 60.2 Å². The first-order chi connectivity index (χ1) is 11.7. The Morgan fingerprint density at radius 3 is 3.12 bits per heavy atom. The SMILES string of the molecule is CCOC(=O)c1cnc2c(cnn2C)c1N1CCc2sccc2C1. The molecule has 0 aromatic carbocycles. The highest BCUT2D eigenvalue weighted by Gasteiger charge is 2.26. The van der Waals surface area contributed by atoms with Gasteiger partial charge in [0.25, 0.3) is 0 Å². The van der Waals surface area contributed by atoms with Gasteiger partial charge in [-0.05, 0) is 30.4 Å². The van der Waals surface area contributed by atoms with Gasteiger partial charge in [0.15, 0.2) is 5.65 Å². The van der Waals surface area contributed by atoms with Crippen molar-refractivity contribution < 1.29 is 9.53 Å². The average molecular weight is 342 g/mol. The third-order valence-electron chi connectivity index (χ3n) is 4.35. The number of ether oxygens (including phenoxy) is 1. The molecule has 0 atom stereocenters. The second kappa shape index (κ2) is 5.90. The standard InChI is InChI=1S/C17H18N4O2S/c1-3-23-17(22)13-8-18-16-12(9-19-20(16)2)15(13)21-6-4-14-11(10-21)5-7-24-14/h5,7-9H,3-4,6,10H2,1-2H3. The Morgan fingerprint density at radius 1 is 1.42 bits per heavy atom. The number of esters is 1. The molecular formula is C17H18N4O2S. The van der Waals surface area contributed by atoms with Crippen molar-refractivity contribution in [1.29, 1.82) is 0 Å². The van der Waals surface area contributed by atoms with Crippen LogP contribution in [0.5, 0.6) is 0 Å². The highest BCUT2D eigenvalue weighted by atomic mass is 32.1. The summed E-state index contributed by atoms with van der Waals surface area (Å²) in [5, 5.41) is 7.33. The van der Waals surface area contributed by atoms with Gasteiger partial charge >= 0.3 is 5.97 Å². The number of anilines is 1. The molecule has 0 aliphatic carbocycles. The predicted molar refractivity (Wildman–Crippen MR) is 93.5 cm³/mol. The van der Waals surface area contributed by atoms with E-state index >= 15 is 0 Å². The van der Waals surface area contributed by atoms with E-state index in [-0.39, 0.29) is 5.97 Å². The van der Waals surface area contributed by atoms with Gasteiger partial charge in [0, 0.05) is 31.2 Å². The fourth-order valence-electron chi connectivity index (χ4n) is 3.22. The van der Waals surface area contributed by atoms with Gasteiger partial charge in [0.1, 0.15) is 5.56 Å². The van der Waals surface area contributed by atoms with Gasteiger partial charge in [-0.1, -0.05) is 0 Å². The van der Waals surface area contributed by atoms with Crippen molar-refractivity contribution >= 4 is 34.0 Å². The lowest BCUT2D eigenvalue weighted by atomic mass is 10.1. The summed E-state index contributed by atoms with van der Waals surface area (Å²) < 4.78 is 6.97. The predicted octanol–water partition coefficient (Wildman–Crippen LogP) is 2.77. The maximum atomic E-state index is 12.4. The van der Waals surface area contributed by atoms with Crippen molar-refractivity contribution in [1.82, 2.24) is 14.8 Å². The summed E-state index contributed by atoms with van der Waals surface area (Å²) in [7, 11) is 1.86. The van der Waals surface area contributed by atoms with E-state index in [4.69, 9.17) is 4.74 Å². The second-order valence-electron chi connectivity index (χ2n) is 5.79. The largest absolute Gasteiger partial charge is 0.462 e. The van der Waals surface area contributed by atoms with E-state index < -0.39 is 0 Å². The first-order valence-electron chi connectivity index (χ1n) is 7.97. The zero-order valence-corrected chi connectivity index (χ0v) is 14.5. The summed E-state index contributed by atoms with van der Waals surface area (Å²) in [5.74, 6) is -0.332. The van der Waals surface area contributed by atoms with Crippen LogP contribution in [0.25, 0.3) is 11.0 Å². The van der Waals surface area contributed by atoms with Crippen LogP contribution in [-0.2, 0) is 24.8 Å². The second-order valence-corrected chi connectivity index (χ2v) is 6.79. The van der Waals surface area contributed by atoms with E-state index in [2.05, 4.69) is 26.4 Å². The quantitative estimate of drug-likeness (QED) is 0.685. The molecule has 0 unspecified atom stereocenters. The Balaban J connectivity index is 1.85. The number of aromatic nitrogens is 3. The van der Waals surface area contributed by atoms with Crippen molar-refractivity contribution in [2.45, 2.75) is 19.9 Å². The molecule has 24 heavy (non-hydrogen) atoms. The molecule has 0 N–H and O–H groups in total. The molecule has 1 aliphatic heterocycles. The number of aryl methyl sites for hydroxylation is 1. The molecule has 0 saturated heterocycles. The summed E-state index contributed by atoms with van der Waals surface area (Å²) in [6, 6.07) is 2.16. The number of pyridine rings is 1. The molecule has 3 aromatic rings. The number of hydrogen-bond donors (Lipinski definition) is 0. The van der Waals surface area contributed by atoms with E-state index in [1.165, 1.54) is 10.4 Å². The molecule has 4 rings (SSSR count). The van der Waals surface area contributed by atoms with Gasteiger partial charge in [0.05, 0.1) is 23.9 Å². The number of nitrogens with zero attached hydrogens (tertiary/aromatic N) is 4. The van der Waals surface area contributed by atoms with Crippen LogP contribution in [-0.4, -0.2) is 33.9 Å². The first kappa shape index (κ1) is 15.1. The first-order valence-corrected chi connectivity index (χ1v) is 8.85. The average Bonchev–Trinajstić information content (AvgIpc) is 3.20. The fraction of sp³-hybridized carbons (Fsp3) is 0.353. The Labute approximate surface area is 143 Å². The maximum absolute atomic E-state index is 12.4. The lowest BCUT2D eigenvalue weighted by molar-refractivity contribution is 0.0526. The summed E-state index contributed by atoms with van der Waals surface area (Å²) >= 11 is 1.80. The van der Waals surface area contributed by atoms with Gasteiger partial charge in [-0.25, -0.2) is 9.78 Å². The molecule has 0 saturated carbocycles. The highest BCUT2D eigenvalue weighted by molar-refractivity contribution is 7.10.